The van der Waals surface area contributed by atoms with E-state index in [-0.39, 0.29) is 0 Å². The zero-order chi connectivity index (χ0) is 17.5. The van der Waals surface area contributed by atoms with Crippen LogP contribution in [0.25, 0.3) is 0 Å². The van der Waals surface area contributed by atoms with Gasteiger partial charge in [0, 0.05) is 0 Å². The van der Waals surface area contributed by atoms with Crippen LogP contribution >= 0.6 is 0 Å². The fraction of sp³-hybridized carbons (Fsp3) is 0.364. The molecule has 1 aromatic carbocycles. The molecule has 0 saturated carbocycles. The maximum absolute atomic E-state index is 13.1. The van der Waals surface area contributed by atoms with Crippen LogP contribution in [0.1, 0.15) is 9.68 Å². The normalized spacial score (nSPS) is 31.2. The van der Waals surface area contributed by atoms with Crippen LogP contribution in [0.4, 0.5) is 18.0 Å². The Morgan fingerprint density at radius 3 is 2.80 bits per heavy atom. The Labute approximate surface area is 119 Å². The molecule has 20 heavy (non-hydrogen) atoms. The van der Waals surface area contributed by atoms with Crippen molar-refractivity contribution in [2.45, 2.75) is 18.8 Å². The molecule has 1 aromatic rings. The van der Waals surface area contributed by atoms with E-state index in [1.54, 1.807) is 18.2 Å². The van der Waals surface area contributed by atoms with Crippen LogP contribution in [0, 0.1) is 0 Å². The van der Waals surface area contributed by atoms with E-state index < -0.39 is 47.0 Å². The lowest BCUT2D eigenvalue weighted by molar-refractivity contribution is -0.167. The Hall–Kier alpha value is -1.61. The van der Waals surface area contributed by atoms with Gasteiger partial charge in [-0.3, -0.25) is 4.18 Å². The van der Waals surface area contributed by atoms with E-state index >= 15 is 0 Å². The Morgan fingerprint density at radius 2 is 2.20 bits per heavy atom. The van der Waals surface area contributed by atoms with Gasteiger partial charge < -0.3 is 4.74 Å². The van der Waals surface area contributed by atoms with Gasteiger partial charge >= 0.3 is 12.3 Å². The second-order valence-electron chi connectivity index (χ2n) is 3.58. The first-order valence-corrected chi connectivity index (χ1v) is 6.23. The summed E-state index contributed by atoms with van der Waals surface area (Å²) in [6, 6.07) is 3.73. The molecule has 2 atom stereocenters. The molecule has 0 radical (unpaired) electrons. The zero-order valence-corrected chi connectivity index (χ0v) is 10.5. The average Bonchev–Trinajstić information content (AvgIpc) is 2.63. The zero-order valence-electron chi connectivity index (χ0n) is 12.7. The van der Waals surface area contributed by atoms with Crippen LogP contribution in [-0.2, 0) is 26.8 Å². The molecule has 1 unspecified atom stereocenters. The van der Waals surface area contributed by atoms with Crippen molar-refractivity contribution in [2.75, 3.05) is 6.56 Å². The number of rotatable bonds is 2. The number of carbonyl (C=O) groups excluding carboxylic acids is 1. The molecule has 9 heteroatoms. The number of carbonyl (C=O) groups is 1. The molecular weight excluding hydrogens is 299 g/mol. The molecule has 1 saturated heterocycles. The lowest BCUT2D eigenvalue weighted by Gasteiger charge is -2.21. The number of ether oxygens (including phenoxy) is 1. The molecular formula is C11H10F3NO4S. The lowest BCUT2D eigenvalue weighted by atomic mass is 10.2. The standard InChI is InChI=1S/C11H10F3NO4S/c12-11(13,14)9-7-19-20(17)15(9)10(16)18-6-8-4-2-1-3-5-8/h1-5,9H,6-7H2/t9-,20?/m0/s1/i7D2,9D. The van der Waals surface area contributed by atoms with E-state index in [9.17, 15) is 22.2 Å². The molecule has 110 valence electrons. The second-order valence-corrected chi connectivity index (χ2v) is 4.55. The first kappa shape index (κ1) is 11.1. The molecule has 1 heterocycles. The van der Waals surface area contributed by atoms with E-state index in [0.717, 1.165) is 0 Å². The predicted molar refractivity (Wildman–Crippen MR) is 62.4 cm³/mol. The van der Waals surface area contributed by atoms with Gasteiger partial charge in [-0.15, -0.1) is 0 Å². The molecule has 0 aliphatic carbocycles. The van der Waals surface area contributed by atoms with Gasteiger partial charge in [0.25, 0.3) is 11.3 Å². The fourth-order valence-corrected chi connectivity index (χ4v) is 2.02. The molecule has 0 N–H and O–H groups in total. The predicted octanol–water partition coefficient (Wildman–Crippen LogP) is 2.17. The minimum absolute atomic E-state index is 0.440. The van der Waals surface area contributed by atoms with E-state index in [0.29, 0.717) is 5.56 Å². The summed E-state index contributed by atoms with van der Waals surface area (Å²) in [5, 5.41) is 0. The third kappa shape index (κ3) is 3.28. The molecule has 2 rings (SSSR count). The monoisotopic (exact) mass is 312 g/mol. The van der Waals surface area contributed by atoms with Gasteiger partial charge in [-0.05, 0) is 5.56 Å². The number of benzene rings is 1. The minimum atomic E-state index is -5.56. The first-order valence-electron chi connectivity index (χ1n) is 6.70. The van der Waals surface area contributed by atoms with Gasteiger partial charge in [0.1, 0.15) is 6.61 Å². The largest absolute Gasteiger partial charge is 0.444 e. The summed E-state index contributed by atoms with van der Waals surface area (Å²) in [5.74, 6) is 0. The summed E-state index contributed by atoms with van der Waals surface area (Å²) in [7, 11) is 0. The third-order valence-electron chi connectivity index (χ3n) is 2.20. The van der Waals surface area contributed by atoms with E-state index in [1.807, 2.05) is 0 Å². The highest BCUT2D eigenvalue weighted by molar-refractivity contribution is 7.78. The van der Waals surface area contributed by atoms with Crippen molar-refractivity contribution in [3.05, 3.63) is 35.9 Å². The summed E-state index contributed by atoms with van der Waals surface area (Å²) in [5.41, 5.74) is 0.442. The maximum Gasteiger partial charge on any atom is 0.424 e. The van der Waals surface area contributed by atoms with Gasteiger partial charge in [0.2, 0.25) is 0 Å². The van der Waals surface area contributed by atoms with Crippen LogP contribution in [0.15, 0.2) is 30.3 Å². The van der Waals surface area contributed by atoms with Crippen molar-refractivity contribution in [1.82, 2.24) is 4.31 Å². The van der Waals surface area contributed by atoms with Gasteiger partial charge in [0.15, 0.2) is 6.02 Å². The summed E-state index contributed by atoms with van der Waals surface area (Å²) in [6.45, 7) is -4.16. The Balaban J connectivity index is 2.25. The fourth-order valence-electron chi connectivity index (χ4n) is 1.33. The molecule has 0 aromatic heterocycles. The SMILES string of the molecule is [2H]C1([2H])OS(=O)N(C(=O)OCc2ccccc2)[C@]1([2H])C(F)(F)F. The first-order chi connectivity index (χ1) is 10.5. The number of hydrogen-bond acceptors (Lipinski definition) is 4. The Kier molecular flexibility index (Phi) is 3.21. The van der Waals surface area contributed by atoms with E-state index in [2.05, 4.69) is 8.92 Å². The molecule has 1 aliphatic rings. The second kappa shape index (κ2) is 5.80. The molecule has 5 nitrogen and oxygen atoms in total. The van der Waals surface area contributed by atoms with E-state index in [1.165, 1.54) is 12.1 Å². The number of hydrogen-bond donors (Lipinski definition) is 0. The number of alkyl halides is 3. The summed E-state index contributed by atoms with van der Waals surface area (Å²) in [6.07, 6.45) is -7.34. The van der Waals surface area contributed by atoms with E-state index in [4.69, 9.17) is 4.11 Å². The quantitative estimate of drug-likeness (QED) is 0.840. The number of nitrogens with zero attached hydrogens (tertiary/aromatic N) is 1. The number of halogens is 3. The Morgan fingerprint density at radius 1 is 1.55 bits per heavy atom. The van der Waals surface area contributed by atoms with Crippen LogP contribution in [0.3, 0.4) is 0 Å². The van der Waals surface area contributed by atoms with Gasteiger partial charge in [-0.1, -0.05) is 30.3 Å². The highest BCUT2D eigenvalue weighted by Gasteiger charge is 2.53. The molecule has 1 aliphatic heterocycles. The minimum Gasteiger partial charge on any atom is -0.444 e. The van der Waals surface area contributed by atoms with Crippen molar-refractivity contribution >= 4 is 17.4 Å². The van der Waals surface area contributed by atoms with Crippen molar-refractivity contribution in [3.63, 3.8) is 0 Å². The van der Waals surface area contributed by atoms with Crippen molar-refractivity contribution in [1.29, 1.82) is 0 Å². The molecule has 0 spiro atoms. The number of amides is 1. The van der Waals surface area contributed by atoms with Gasteiger partial charge in [0.05, 0.1) is 10.7 Å². The average molecular weight is 312 g/mol. The van der Waals surface area contributed by atoms with Crippen LogP contribution in [-0.4, -0.2) is 33.4 Å². The van der Waals surface area contributed by atoms with Crippen LogP contribution in [0.5, 0.6) is 0 Å². The summed E-state index contributed by atoms with van der Waals surface area (Å²) >= 11 is -3.16. The topological polar surface area (TPSA) is 55.8 Å². The van der Waals surface area contributed by atoms with Crippen molar-refractivity contribution in [2.24, 2.45) is 0 Å². The smallest absolute Gasteiger partial charge is 0.424 e. The van der Waals surface area contributed by atoms with Gasteiger partial charge in [-0.2, -0.15) is 17.5 Å². The van der Waals surface area contributed by atoms with Crippen LogP contribution < -0.4 is 0 Å². The molecule has 0 bridgehead atoms. The van der Waals surface area contributed by atoms with Crippen molar-refractivity contribution in [3.8, 4) is 0 Å². The van der Waals surface area contributed by atoms with Crippen molar-refractivity contribution < 1.29 is 35.2 Å². The van der Waals surface area contributed by atoms with Crippen LogP contribution in [0.2, 0.25) is 0 Å². The summed E-state index contributed by atoms with van der Waals surface area (Å²) in [4.78, 5) is 11.8. The lowest BCUT2D eigenvalue weighted by Crippen LogP contribution is -2.46. The maximum atomic E-state index is 13.1. The Bertz CT molecular complexity index is 631. The highest BCUT2D eigenvalue weighted by Crippen LogP contribution is 2.31. The third-order valence-corrected chi connectivity index (χ3v) is 3.06. The highest BCUT2D eigenvalue weighted by atomic mass is 32.2. The summed E-state index contributed by atoms with van der Waals surface area (Å²) < 4.78 is 80.5. The molecule has 1 fully saturated rings. The molecule has 1 amide bonds. The van der Waals surface area contributed by atoms with Gasteiger partial charge in [-0.25, -0.2) is 9.00 Å².